The van der Waals surface area contributed by atoms with Gasteiger partial charge in [0.2, 0.25) is 5.84 Å². The first-order chi connectivity index (χ1) is 9.73. The lowest BCUT2D eigenvalue weighted by Crippen LogP contribution is -2.55. The Hall–Kier alpha value is -2.19. The monoisotopic (exact) mass is 313 g/mol. The molecule has 1 aromatic rings. The van der Waals surface area contributed by atoms with Gasteiger partial charge >= 0.3 is 5.70 Å². The van der Waals surface area contributed by atoms with Gasteiger partial charge in [-0.1, -0.05) is 17.7 Å². The lowest BCUT2D eigenvalue weighted by Gasteiger charge is -2.29. The van der Waals surface area contributed by atoms with Gasteiger partial charge in [0.05, 0.1) is 11.1 Å². The van der Waals surface area contributed by atoms with E-state index < -0.39 is 22.2 Å². The molecule has 0 amide bonds. The van der Waals surface area contributed by atoms with Crippen LogP contribution in [0, 0.1) is 22.9 Å². The van der Waals surface area contributed by atoms with Crippen LogP contribution in [0.2, 0.25) is 5.02 Å². The maximum absolute atomic E-state index is 14.1. The Morgan fingerprint density at radius 3 is 2.81 bits per heavy atom. The highest BCUT2D eigenvalue weighted by Crippen LogP contribution is 2.26. The van der Waals surface area contributed by atoms with Gasteiger partial charge in [-0.05, 0) is 18.6 Å². The first kappa shape index (κ1) is 15.2. The number of nitrogens with two attached hydrogens (primary N) is 2. The minimum atomic E-state index is -1.50. The normalized spacial score (nSPS) is 21.3. The summed E-state index contributed by atoms with van der Waals surface area (Å²) in [7, 11) is 0. The fourth-order valence-corrected chi connectivity index (χ4v) is 2.17. The highest BCUT2D eigenvalue weighted by Gasteiger charge is 2.33. The van der Waals surface area contributed by atoms with Crippen LogP contribution >= 0.6 is 11.6 Å². The second-order valence-corrected chi connectivity index (χ2v) is 5.09. The molecule has 21 heavy (non-hydrogen) atoms. The van der Waals surface area contributed by atoms with Crippen molar-refractivity contribution in [3.05, 3.63) is 56.1 Å². The van der Waals surface area contributed by atoms with Crippen LogP contribution in [0.25, 0.3) is 0 Å². The molecular formula is C12H13ClFN5O2. The molecule has 1 aromatic carbocycles. The molecule has 0 radical (unpaired) electrons. The Kier molecular flexibility index (Phi) is 3.84. The molecule has 112 valence electrons. The van der Waals surface area contributed by atoms with Crippen LogP contribution in [0.1, 0.15) is 11.1 Å². The van der Waals surface area contributed by atoms with E-state index >= 15 is 0 Å². The highest BCUT2D eigenvalue weighted by molar-refractivity contribution is 6.31. The standard InChI is InChI=1S/C12H13ClFN5O2/c1-6-2-3-8(13)7(10(6)14)4-12(16)17-5-9(19(20)21)11(15)18-12/h2-3,5,17H,4,16H2,1H3,(H2,15,18). The molecule has 0 aliphatic carbocycles. The van der Waals surface area contributed by atoms with Crippen LogP contribution in [0.15, 0.2) is 29.0 Å². The third-order valence-corrected chi connectivity index (χ3v) is 3.42. The second kappa shape index (κ2) is 5.30. The molecule has 2 rings (SSSR count). The third-order valence-electron chi connectivity index (χ3n) is 3.06. The average molecular weight is 314 g/mol. The summed E-state index contributed by atoms with van der Waals surface area (Å²) in [6, 6.07) is 3.09. The van der Waals surface area contributed by atoms with Gasteiger partial charge in [0, 0.05) is 17.0 Å². The Bertz CT molecular complexity index is 676. The van der Waals surface area contributed by atoms with Crippen molar-refractivity contribution in [2.75, 3.05) is 0 Å². The number of nitro groups is 1. The molecule has 0 spiro atoms. The summed E-state index contributed by atoms with van der Waals surface area (Å²) in [6.07, 6.45) is 0.936. The Balaban J connectivity index is 2.34. The van der Waals surface area contributed by atoms with Crippen molar-refractivity contribution in [2.24, 2.45) is 16.5 Å². The van der Waals surface area contributed by atoms with Crippen LogP contribution in [0.3, 0.4) is 0 Å². The average Bonchev–Trinajstić information content (AvgIpc) is 2.39. The number of hydrogen-bond acceptors (Lipinski definition) is 6. The zero-order valence-corrected chi connectivity index (χ0v) is 11.8. The van der Waals surface area contributed by atoms with Crippen molar-refractivity contribution < 1.29 is 9.31 Å². The van der Waals surface area contributed by atoms with Gasteiger partial charge in [-0.15, -0.1) is 0 Å². The SMILES string of the molecule is Cc1ccc(Cl)c(CC2(N)N=C(N)C([N+](=O)[O-])=CN2)c1F. The van der Waals surface area contributed by atoms with Gasteiger partial charge in [-0.3, -0.25) is 15.8 Å². The predicted molar refractivity (Wildman–Crippen MR) is 76.6 cm³/mol. The molecular weight excluding hydrogens is 301 g/mol. The van der Waals surface area contributed by atoms with E-state index in [9.17, 15) is 14.5 Å². The Labute approximate surface area is 124 Å². The number of rotatable bonds is 3. The van der Waals surface area contributed by atoms with E-state index in [1.807, 2.05) is 0 Å². The van der Waals surface area contributed by atoms with E-state index in [2.05, 4.69) is 10.3 Å². The topological polar surface area (TPSA) is 120 Å². The molecule has 0 fully saturated rings. The van der Waals surface area contributed by atoms with Crippen molar-refractivity contribution in [1.82, 2.24) is 5.32 Å². The molecule has 1 aliphatic rings. The molecule has 1 atom stereocenters. The van der Waals surface area contributed by atoms with E-state index in [-0.39, 0.29) is 22.8 Å². The predicted octanol–water partition coefficient (Wildman–Crippen LogP) is 1.02. The summed E-state index contributed by atoms with van der Waals surface area (Å²) in [5.41, 5.74) is 11.6. The fraction of sp³-hybridized carbons (Fsp3) is 0.250. The highest BCUT2D eigenvalue weighted by atomic mass is 35.5. The maximum atomic E-state index is 14.1. The summed E-state index contributed by atoms with van der Waals surface area (Å²) >= 11 is 5.97. The van der Waals surface area contributed by atoms with Gasteiger partial charge in [0.25, 0.3) is 0 Å². The summed E-state index contributed by atoms with van der Waals surface area (Å²) in [4.78, 5) is 13.9. The van der Waals surface area contributed by atoms with Crippen LogP contribution in [0.5, 0.6) is 0 Å². The zero-order chi connectivity index (χ0) is 15.8. The number of hydrogen-bond donors (Lipinski definition) is 3. The van der Waals surface area contributed by atoms with E-state index in [0.717, 1.165) is 6.20 Å². The Morgan fingerprint density at radius 2 is 2.24 bits per heavy atom. The summed E-state index contributed by atoms with van der Waals surface area (Å²) < 4.78 is 14.1. The van der Waals surface area contributed by atoms with E-state index in [1.54, 1.807) is 19.1 Å². The number of nitrogens with one attached hydrogen (secondary N) is 1. The molecule has 1 unspecified atom stereocenters. The van der Waals surface area contributed by atoms with Crippen molar-refractivity contribution in [3.63, 3.8) is 0 Å². The van der Waals surface area contributed by atoms with E-state index in [1.165, 1.54) is 0 Å². The van der Waals surface area contributed by atoms with Crippen molar-refractivity contribution in [3.8, 4) is 0 Å². The maximum Gasteiger partial charge on any atom is 0.326 e. The largest absolute Gasteiger partial charge is 0.378 e. The number of nitrogens with zero attached hydrogens (tertiary/aromatic N) is 2. The van der Waals surface area contributed by atoms with Crippen molar-refractivity contribution >= 4 is 17.4 Å². The molecule has 0 aromatic heterocycles. The minimum absolute atomic E-state index is 0.110. The van der Waals surface area contributed by atoms with Gasteiger partial charge in [-0.25, -0.2) is 9.38 Å². The van der Waals surface area contributed by atoms with Crippen LogP contribution < -0.4 is 16.8 Å². The minimum Gasteiger partial charge on any atom is -0.378 e. The van der Waals surface area contributed by atoms with E-state index in [4.69, 9.17) is 23.1 Å². The molecule has 0 bridgehead atoms. The molecule has 9 heteroatoms. The van der Waals surface area contributed by atoms with Gasteiger partial charge < -0.3 is 11.1 Å². The number of amidine groups is 1. The second-order valence-electron chi connectivity index (χ2n) is 4.69. The van der Waals surface area contributed by atoms with Crippen LogP contribution in [-0.2, 0) is 6.42 Å². The zero-order valence-electron chi connectivity index (χ0n) is 11.1. The quantitative estimate of drug-likeness (QED) is 0.568. The van der Waals surface area contributed by atoms with Gasteiger partial charge in [-0.2, -0.15) is 0 Å². The Morgan fingerprint density at radius 1 is 1.57 bits per heavy atom. The molecule has 5 N–H and O–H groups in total. The van der Waals surface area contributed by atoms with E-state index in [0.29, 0.717) is 5.56 Å². The van der Waals surface area contributed by atoms with Crippen LogP contribution in [-0.4, -0.2) is 16.5 Å². The lowest BCUT2D eigenvalue weighted by atomic mass is 10.0. The number of aliphatic imine (C=N–C) groups is 1. The molecule has 1 aliphatic heterocycles. The summed E-state index contributed by atoms with van der Waals surface area (Å²) in [5.74, 6) is -2.32. The first-order valence-electron chi connectivity index (χ1n) is 5.94. The fourth-order valence-electron chi connectivity index (χ4n) is 1.95. The summed E-state index contributed by atoms with van der Waals surface area (Å²) in [5, 5.41) is 13.5. The van der Waals surface area contributed by atoms with Gasteiger partial charge in [0.15, 0.2) is 5.79 Å². The van der Waals surface area contributed by atoms with Crippen molar-refractivity contribution in [1.29, 1.82) is 0 Å². The lowest BCUT2D eigenvalue weighted by molar-refractivity contribution is -0.416. The van der Waals surface area contributed by atoms with Crippen molar-refractivity contribution in [2.45, 2.75) is 19.1 Å². The smallest absolute Gasteiger partial charge is 0.326 e. The number of halogens is 2. The molecule has 7 nitrogen and oxygen atoms in total. The molecule has 1 heterocycles. The molecule has 0 saturated carbocycles. The number of benzene rings is 1. The van der Waals surface area contributed by atoms with Crippen LogP contribution in [0.4, 0.5) is 4.39 Å². The summed E-state index contributed by atoms with van der Waals surface area (Å²) in [6.45, 7) is 1.59. The first-order valence-corrected chi connectivity index (χ1v) is 6.31. The van der Waals surface area contributed by atoms with Gasteiger partial charge in [0.1, 0.15) is 5.82 Å². The third kappa shape index (κ3) is 2.96. The number of aryl methyl sites for hydroxylation is 1. The molecule has 0 saturated heterocycles.